The number of epoxide rings is 1. The van der Waals surface area contributed by atoms with Gasteiger partial charge in [-0.05, 0) is 0 Å². The van der Waals surface area contributed by atoms with Crippen molar-refractivity contribution in [3.63, 3.8) is 0 Å². The first kappa shape index (κ1) is 9.46. The first-order chi connectivity index (χ1) is 5.90. The van der Waals surface area contributed by atoms with Gasteiger partial charge in [0.05, 0.1) is 11.9 Å². The van der Waals surface area contributed by atoms with Crippen molar-refractivity contribution in [3.8, 4) is 0 Å². The highest BCUT2D eigenvalue weighted by atomic mass is 16.7. The van der Waals surface area contributed by atoms with Crippen molar-refractivity contribution in [2.45, 2.75) is 18.1 Å². The van der Waals surface area contributed by atoms with Gasteiger partial charge in [-0.2, -0.15) is 0 Å². The lowest BCUT2D eigenvalue weighted by atomic mass is 10.0. The molecule has 0 bridgehead atoms. The van der Waals surface area contributed by atoms with E-state index in [4.69, 9.17) is 0 Å². The van der Waals surface area contributed by atoms with Crippen molar-refractivity contribution in [1.82, 2.24) is 0 Å². The molecule has 1 aliphatic heterocycles. The van der Waals surface area contributed by atoms with Crippen LogP contribution in [0.15, 0.2) is 0 Å². The second kappa shape index (κ2) is 2.70. The minimum atomic E-state index is -2.31. The van der Waals surface area contributed by atoms with Crippen LogP contribution in [0.3, 0.4) is 0 Å². The van der Waals surface area contributed by atoms with Crippen molar-refractivity contribution in [2.24, 2.45) is 0 Å². The van der Waals surface area contributed by atoms with Crippen molar-refractivity contribution in [1.29, 1.82) is 0 Å². The molecule has 2 atom stereocenters. The minimum Gasteiger partial charge on any atom is -0.550 e. The lowest BCUT2D eigenvalue weighted by Crippen LogP contribution is -2.47. The van der Waals surface area contributed by atoms with E-state index in [9.17, 15) is 29.7 Å². The number of carboxylic acid groups (broad SMARTS) is 3. The van der Waals surface area contributed by atoms with Gasteiger partial charge in [-0.1, -0.05) is 0 Å². The van der Waals surface area contributed by atoms with Crippen molar-refractivity contribution < 1.29 is 34.4 Å². The largest absolute Gasteiger partial charge is 0.550 e. The standard InChI is InChI=1S/C6H6O7/c7-2(8)1-6(5(11)12)3(13-6)4(9)10/h3H,1H2,(H,7,8)(H,9,10)(H,11,12)/p-3/t3-,6-/m0/s1. The Hall–Kier alpha value is -1.63. The van der Waals surface area contributed by atoms with E-state index < -0.39 is 36.0 Å². The summed E-state index contributed by atoms with van der Waals surface area (Å²) in [4.78, 5) is 30.5. The van der Waals surface area contributed by atoms with Gasteiger partial charge >= 0.3 is 0 Å². The van der Waals surface area contributed by atoms with Crippen LogP contribution < -0.4 is 15.3 Å². The number of carboxylic acids is 3. The van der Waals surface area contributed by atoms with Crippen LogP contribution in [0, 0.1) is 0 Å². The van der Waals surface area contributed by atoms with Crippen molar-refractivity contribution in [2.75, 3.05) is 0 Å². The van der Waals surface area contributed by atoms with Crippen LogP contribution in [-0.2, 0) is 19.1 Å². The molecule has 0 saturated carbocycles. The van der Waals surface area contributed by atoms with Crippen LogP contribution in [0.2, 0.25) is 0 Å². The molecule has 7 nitrogen and oxygen atoms in total. The number of carbonyl (C=O) groups excluding carboxylic acids is 3. The highest BCUT2D eigenvalue weighted by Gasteiger charge is 2.58. The number of carbonyl (C=O) groups is 3. The fourth-order valence-electron chi connectivity index (χ4n) is 0.991. The fourth-order valence-corrected chi connectivity index (χ4v) is 0.991. The summed E-state index contributed by atoms with van der Waals surface area (Å²) in [6, 6.07) is 0. The summed E-state index contributed by atoms with van der Waals surface area (Å²) in [6.45, 7) is 0. The zero-order valence-corrected chi connectivity index (χ0v) is 6.14. The molecule has 0 N–H and O–H groups in total. The maximum absolute atomic E-state index is 10.3. The van der Waals surface area contributed by atoms with E-state index in [1.807, 2.05) is 0 Å². The molecule has 0 unspecified atom stereocenters. The molecule has 0 aliphatic carbocycles. The minimum absolute atomic E-state index is 1.06. The lowest BCUT2D eigenvalue weighted by molar-refractivity contribution is -0.322. The van der Waals surface area contributed by atoms with E-state index in [-0.39, 0.29) is 0 Å². The van der Waals surface area contributed by atoms with Gasteiger partial charge in [0, 0.05) is 12.4 Å². The van der Waals surface area contributed by atoms with E-state index in [1.165, 1.54) is 0 Å². The monoisotopic (exact) mass is 187 g/mol. The van der Waals surface area contributed by atoms with Gasteiger partial charge < -0.3 is 34.4 Å². The van der Waals surface area contributed by atoms with Crippen LogP contribution in [0.1, 0.15) is 6.42 Å². The van der Waals surface area contributed by atoms with Gasteiger partial charge in [-0.3, -0.25) is 0 Å². The third-order valence-corrected chi connectivity index (χ3v) is 1.66. The summed E-state index contributed by atoms with van der Waals surface area (Å²) in [7, 11) is 0. The summed E-state index contributed by atoms with van der Waals surface area (Å²) in [5.74, 6) is -5.41. The Morgan fingerprint density at radius 3 is 2.00 bits per heavy atom. The summed E-state index contributed by atoms with van der Waals surface area (Å²) < 4.78 is 4.19. The number of ether oxygens (including phenoxy) is 1. The average Bonchev–Trinajstić information content (AvgIpc) is 2.62. The molecule has 72 valence electrons. The molecule has 0 aromatic carbocycles. The molecule has 1 fully saturated rings. The second-order valence-corrected chi connectivity index (χ2v) is 2.54. The van der Waals surface area contributed by atoms with Gasteiger partial charge in [0.25, 0.3) is 0 Å². The van der Waals surface area contributed by atoms with E-state index in [0.717, 1.165) is 0 Å². The second-order valence-electron chi connectivity index (χ2n) is 2.54. The van der Waals surface area contributed by atoms with E-state index in [0.29, 0.717) is 0 Å². The predicted molar refractivity (Wildman–Crippen MR) is 27.2 cm³/mol. The predicted octanol–water partition coefficient (Wildman–Crippen LogP) is -5.24. The number of hydrogen-bond acceptors (Lipinski definition) is 7. The van der Waals surface area contributed by atoms with E-state index in [1.54, 1.807) is 0 Å². The Kier molecular flexibility index (Phi) is 1.96. The highest BCUT2D eigenvalue weighted by molar-refractivity contribution is 5.93. The number of hydrogen-bond donors (Lipinski definition) is 0. The smallest absolute Gasteiger partial charge is 0.145 e. The molecular formula is C6H3O7-3. The summed E-state index contributed by atoms with van der Waals surface area (Å²) >= 11 is 0. The van der Waals surface area contributed by atoms with Crippen molar-refractivity contribution in [3.05, 3.63) is 0 Å². The van der Waals surface area contributed by atoms with E-state index >= 15 is 0 Å². The van der Waals surface area contributed by atoms with Crippen LogP contribution >= 0.6 is 0 Å². The lowest BCUT2D eigenvalue weighted by Gasteiger charge is -2.14. The first-order valence-corrected chi connectivity index (χ1v) is 3.20. The zero-order valence-electron chi connectivity index (χ0n) is 6.14. The van der Waals surface area contributed by atoms with Gasteiger partial charge in [-0.15, -0.1) is 0 Å². The first-order valence-electron chi connectivity index (χ1n) is 3.20. The molecule has 1 heterocycles. The van der Waals surface area contributed by atoms with Crippen LogP contribution in [0.25, 0.3) is 0 Å². The zero-order chi connectivity index (χ0) is 10.2. The number of aliphatic carboxylic acids is 3. The Bertz CT molecular complexity index is 283. The highest BCUT2D eigenvalue weighted by Crippen LogP contribution is 2.38. The molecule has 1 aliphatic rings. The summed E-state index contributed by atoms with van der Waals surface area (Å²) in [6.07, 6.45) is -2.83. The molecule has 0 radical (unpaired) electrons. The van der Waals surface area contributed by atoms with E-state index in [2.05, 4.69) is 4.74 Å². The normalized spacial score (nSPS) is 30.9. The Labute approximate surface area is 71.5 Å². The van der Waals surface area contributed by atoms with Gasteiger partial charge in [0.2, 0.25) is 0 Å². The average molecular weight is 187 g/mol. The van der Waals surface area contributed by atoms with Gasteiger partial charge in [0.1, 0.15) is 11.7 Å². The third-order valence-electron chi connectivity index (χ3n) is 1.66. The molecule has 0 spiro atoms. The number of rotatable bonds is 4. The Morgan fingerprint density at radius 2 is 1.77 bits per heavy atom. The fraction of sp³-hybridized carbons (Fsp3) is 0.500. The van der Waals surface area contributed by atoms with Gasteiger partial charge in [0.15, 0.2) is 0 Å². The molecule has 13 heavy (non-hydrogen) atoms. The molecule has 1 saturated heterocycles. The maximum Gasteiger partial charge on any atom is 0.145 e. The van der Waals surface area contributed by atoms with Crippen LogP contribution in [-0.4, -0.2) is 29.6 Å². The van der Waals surface area contributed by atoms with Crippen molar-refractivity contribution >= 4 is 17.9 Å². The summed E-state index contributed by atoms with van der Waals surface area (Å²) in [5.41, 5.74) is -2.31. The van der Waals surface area contributed by atoms with Crippen LogP contribution in [0.4, 0.5) is 0 Å². The maximum atomic E-state index is 10.3. The Balaban J connectivity index is 2.77. The molecule has 0 aromatic heterocycles. The van der Waals surface area contributed by atoms with Gasteiger partial charge in [-0.25, -0.2) is 0 Å². The molecule has 7 heteroatoms. The van der Waals surface area contributed by atoms with Crippen LogP contribution in [0.5, 0.6) is 0 Å². The SMILES string of the molecule is O=C([O-])C[C@]1(C(=O)[O-])O[C@H]1C(=O)[O-]. The quantitative estimate of drug-likeness (QED) is 0.401. The Morgan fingerprint density at radius 1 is 1.23 bits per heavy atom. The molecular weight excluding hydrogens is 184 g/mol. The molecule has 0 amide bonds. The third kappa shape index (κ3) is 1.45. The summed E-state index contributed by atoms with van der Waals surface area (Å²) in [5, 5.41) is 30.5. The molecule has 1 rings (SSSR count). The topological polar surface area (TPSA) is 133 Å². The molecule has 0 aromatic rings.